The average Bonchev–Trinajstić information content (AvgIpc) is 2.37. The summed E-state index contributed by atoms with van der Waals surface area (Å²) in [6.45, 7) is 3.33. The zero-order chi connectivity index (χ0) is 15.3. The van der Waals surface area contributed by atoms with E-state index in [0.717, 1.165) is 18.7 Å². The minimum absolute atomic E-state index is 0.146. The standard InChI is InChI=1S/C12H17FN2O4S/c1-3-15(2)7-6-14-20(18,19)11-5-4-9(12(16)17)8-10(11)13/h4-5,8,14H,3,6-7H2,1-2H3,(H,16,17). The fraction of sp³-hybridized carbons (Fsp3) is 0.417. The molecule has 0 aromatic heterocycles. The maximum atomic E-state index is 13.7. The second-order valence-electron chi connectivity index (χ2n) is 4.24. The number of aromatic carboxylic acids is 1. The first-order chi connectivity index (χ1) is 9.27. The highest BCUT2D eigenvalue weighted by atomic mass is 32.2. The van der Waals surface area contributed by atoms with Crippen molar-refractivity contribution in [1.29, 1.82) is 0 Å². The van der Waals surface area contributed by atoms with Crippen LogP contribution in [0.4, 0.5) is 4.39 Å². The lowest BCUT2D eigenvalue weighted by molar-refractivity contribution is 0.0696. The highest BCUT2D eigenvalue weighted by Crippen LogP contribution is 2.15. The number of nitrogens with one attached hydrogen (secondary N) is 1. The van der Waals surface area contributed by atoms with Crippen LogP contribution >= 0.6 is 0 Å². The summed E-state index contributed by atoms with van der Waals surface area (Å²) in [6, 6.07) is 2.69. The molecule has 1 aromatic carbocycles. The molecule has 0 unspecified atom stereocenters. The lowest BCUT2D eigenvalue weighted by Gasteiger charge is -2.14. The number of rotatable bonds is 7. The zero-order valence-electron chi connectivity index (χ0n) is 11.3. The van der Waals surface area contributed by atoms with Crippen LogP contribution in [0.5, 0.6) is 0 Å². The Morgan fingerprint density at radius 1 is 1.45 bits per heavy atom. The van der Waals surface area contributed by atoms with Crippen LogP contribution in [0.25, 0.3) is 0 Å². The summed E-state index contributed by atoms with van der Waals surface area (Å²) in [7, 11) is -2.15. The number of nitrogens with zero attached hydrogens (tertiary/aromatic N) is 1. The molecule has 0 aliphatic heterocycles. The van der Waals surface area contributed by atoms with E-state index >= 15 is 0 Å². The van der Waals surface area contributed by atoms with Crippen molar-refractivity contribution in [2.45, 2.75) is 11.8 Å². The van der Waals surface area contributed by atoms with Gasteiger partial charge in [-0.1, -0.05) is 6.92 Å². The van der Waals surface area contributed by atoms with Gasteiger partial charge < -0.3 is 10.0 Å². The number of carboxylic acid groups (broad SMARTS) is 1. The predicted molar refractivity (Wildman–Crippen MR) is 71.7 cm³/mol. The number of benzene rings is 1. The molecular formula is C12H17FN2O4S. The van der Waals surface area contributed by atoms with Crippen molar-refractivity contribution in [3.63, 3.8) is 0 Å². The molecular weight excluding hydrogens is 287 g/mol. The van der Waals surface area contributed by atoms with Gasteiger partial charge in [-0.25, -0.2) is 22.3 Å². The van der Waals surface area contributed by atoms with Crippen LogP contribution in [0.15, 0.2) is 23.1 Å². The van der Waals surface area contributed by atoms with Gasteiger partial charge >= 0.3 is 5.97 Å². The number of halogens is 1. The van der Waals surface area contributed by atoms with Gasteiger partial charge in [-0.15, -0.1) is 0 Å². The van der Waals surface area contributed by atoms with Crippen molar-refractivity contribution in [2.75, 3.05) is 26.7 Å². The first-order valence-corrected chi connectivity index (χ1v) is 7.47. The van der Waals surface area contributed by atoms with Gasteiger partial charge in [-0.2, -0.15) is 0 Å². The molecule has 0 fully saturated rings. The van der Waals surface area contributed by atoms with E-state index in [1.54, 1.807) is 0 Å². The van der Waals surface area contributed by atoms with E-state index in [4.69, 9.17) is 5.11 Å². The molecule has 0 spiro atoms. The van der Waals surface area contributed by atoms with E-state index < -0.39 is 26.7 Å². The van der Waals surface area contributed by atoms with Crippen LogP contribution in [-0.2, 0) is 10.0 Å². The molecule has 0 radical (unpaired) electrons. The van der Waals surface area contributed by atoms with Crippen LogP contribution in [-0.4, -0.2) is 51.1 Å². The molecule has 0 heterocycles. The van der Waals surface area contributed by atoms with E-state index in [-0.39, 0.29) is 12.1 Å². The van der Waals surface area contributed by atoms with E-state index in [2.05, 4.69) is 4.72 Å². The Balaban J connectivity index is 2.85. The minimum Gasteiger partial charge on any atom is -0.478 e. The van der Waals surface area contributed by atoms with E-state index in [1.807, 2.05) is 18.9 Å². The second kappa shape index (κ2) is 6.78. The van der Waals surface area contributed by atoms with Gasteiger partial charge in [0.1, 0.15) is 10.7 Å². The largest absolute Gasteiger partial charge is 0.478 e. The molecule has 0 saturated heterocycles. The van der Waals surface area contributed by atoms with E-state index in [9.17, 15) is 17.6 Å². The lowest BCUT2D eigenvalue weighted by atomic mass is 10.2. The fourth-order valence-corrected chi connectivity index (χ4v) is 2.54. The summed E-state index contributed by atoms with van der Waals surface area (Å²) >= 11 is 0. The topological polar surface area (TPSA) is 86.7 Å². The van der Waals surface area contributed by atoms with Crippen molar-refractivity contribution in [3.05, 3.63) is 29.6 Å². The van der Waals surface area contributed by atoms with E-state index in [1.165, 1.54) is 0 Å². The number of carbonyl (C=O) groups is 1. The smallest absolute Gasteiger partial charge is 0.335 e. The van der Waals surface area contributed by atoms with Gasteiger partial charge in [0.15, 0.2) is 0 Å². The summed E-state index contributed by atoms with van der Waals surface area (Å²) < 4.78 is 39.7. The molecule has 0 bridgehead atoms. The van der Waals surface area contributed by atoms with Crippen LogP contribution in [0.1, 0.15) is 17.3 Å². The number of hydrogen-bond donors (Lipinski definition) is 2. The van der Waals surface area contributed by atoms with Gasteiger partial charge in [0.05, 0.1) is 5.56 Å². The Labute approximate surface area is 117 Å². The molecule has 0 aliphatic carbocycles. The van der Waals surface area contributed by atoms with Gasteiger partial charge in [0, 0.05) is 13.1 Å². The Hall–Kier alpha value is -1.51. The van der Waals surface area contributed by atoms with Gasteiger partial charge in [-0.3, -0.25) is 0 Å². The molecule has 112 valence electrons. The van der Waals surface area contributed by atoms with Crippen LogP contribution in [0.3, 0.4) is 0 Å². The molecule has 20 heavy (non-hydrogen) atoms. The minimum atomic E-state index is -3.98. The monoisotopic (exact) mass is 304 g/mol. The first kappa shape index (κ1) is 16.5. The molecule has 2 N–H and O–H groups in total. The normalized spacial score (nSPS) is 11.8. The molecule has 1 rings (SSSR count). The summed E-state index contributed by atoms with van der Waals surface area (Å²) in [6.07, 6.45) is 0. The number of likely N-dealkylation sites (N-methyl/N-ethyl adjacent to an activating group) is 1. The quantitative estimate of drug-likeness (QED) is 0.776. The first-order valence-electron chi connectivity index (χ1n) is 5.99. The van der Waals surface area contributed by atoms with Crippen molar-refractivity contribution in [3.8, 4) is 0 Å². The molecule has 0 saturated carbocycles. The molecule has 8 heteroatoms. The summed E-state index contributed by atoms with van der Waals surface area (Å²) in [5.74, 6) is -2.40. The summed E-state index contributed by atoms with van der Waals surface area (Å²) in [5.41, 5.74) is -0.299. The van der Waals surface area contributed by atoms with Gasteiger partial charge in [0.25, 0.3) is 0 Å². The van der Waals surface area contributed by atoms with Crippen molar-refractivity contribution >= 4 is 16.0 Å². The summed E-state index contributed by atoms with van der Waals surface area (Å²) in [4.78, 5) is 12.0. The Kier molecular flexibility index (Phi) is 5.61. The molecule has 1 aromatic rings. The van der Waals surface area contributed by atoms with Crippen LogP contribution < -0.4 is 4.72 Å². The van der Waals surface area contributed by atoms with Crippen molar-refractivity contribution in [1.82, 2.24) is 9.62 Å². The Morgan fingerprint density at radius 2 is 2.10 bits per heavy atom. The molecule has 0 amide bonds. The highest BCUT2D eigenvalue weighted by molar-refractivity contribution is 7.89. The third kappa shape index (κ3) is 4.26. The molecule has 0 aliphatic rings. The van der Waals surface area contributed by atoms with Gasteiger partial charge in [0.2, 0.25) is 10.0 Å². The number of sulfonamides is 1. The zero-order valence-corrected chi connectivity index (χ0v) is 12.1. The SMILES string of the molecule is CCN(C)CCNS(=O)(=O)c1ccc(C(=O)O)cc1F. The van der Waals surface area contributed by atoms with Crippen molar-refractivity contribution in [2.24, 2.45) is 0 Å². The second-order valence-corrected chi connectivity index (χ2v) is 5.98. The Morgan fingerprint density at radius 3 is 2.60 bits per heavy atom. The molecule has 6 nitrogen and oxygen atoms in total. The maximum absolute atomic E-state index is 13.7. The number of carboxylic acids is 1. The Bertz CT molecular complexity index is 589. The third-order valence-corrected chi connectivity index (χ3v) is 4.29. The van der Waals surface area contributed by atoms with Gasteiger partial charge in [-0.05, 0) is 31.8 Å². The average molecular weight is 304 g/mol. The highest BCUT2D eigenvalue weighted by Gasteiger charge is 2.20. The van der Waals surface area contributed by atoms with E-state index in [0.29, 0.717) is 12.6 Å². The van der Waals surface area contributed by atoms with Crippen LogP contribution in [0.2, 0.25) is 0 Å². The molecule has 0 atom stereocenters. The number of hydrogen-bond acceptors (Lipinski definition) is 4. The predicted octanol–water partition coefficient (Wildman–Crippen LogP) is 0.754. The fourth-order valence-electron chi connectivity index (χ4n) is 1.46. The van der Waals surface area contributed by atoms with Crippen LogP contribution in [0, 0.1) is 5.82 Å². The maximum Gasteiger partial charge on any atom is 0.335 e. The summed E-state index contributed by atoms with van der Waals surface area (Å²) in [5, 5.41) is 8.70. The lowest BCUT2D eigenvalue weighted by Crippen LogP contribution is -2.33. The van der Waals surface area contributed by atoms with Crippen molar-refractivity contribution < 1.29 is 22.7 Å². The third-order valence-electron chi connectivity index (χ3n) is 2.79.